The monoisotopic (exact) mass is 306 g/mol. The maximum atomic E-state index is 14.7. The van der Waals surface area contributed by atoms with E-state index in [1.807, 2.05) is 6.07 Å². The van der Waals surface area contributed by atoms with Crippen LogP contribution in [0.3, 0.4) is 0 Å². The summed E-state index contributed by atoms with van der Waals surface area (Å²) in [6.07, 6.45) is 6.26. The Bertz CT molecular complexity index is 464. The van der Waals surface area contributed by atoms with Gasteiger partial charge in [-0.25, -0.2) is 4.39 Å². The number of halogens is 1. The van der Waals surface area contributed by atoms with Gasteiger partial charge < -0.3 is 10.1 Å². The van der Waals surface area contributed by atoms with E-state index in [2.05, 4.69) is 10.2 Å². The molecule has 1 aromatic carbocycles. The molecule has 3 nitrogen and oxygen atoms in total. The molecule has 1 heterocycles. The fourth-order valence-corrected chi connectivity index (χ4v) is 4.11. The van der Waals surface area contributed by atoms with Crippen LogP contribution in [0.2, 0.25) is 0 Å². The fraction of sp³-hybridized carbons (Fsp3) is 0.667. The van der Waals surface area contributed by atoms with Crippen LogP contribution in [0.1, 0.15) is 43.7 Å². The molecule has 1 atom stereocenters. The lowest BCUT2D eigenvalue weighted by Gasteiger charge is -2.41. The van der Waals surface area contributed by atoms with Crippen LogP contribution in [0.5, 0.6) is 5.75 Å². The molecule has 1 saturated carbocycles. The predicted octanol–water partition coefficient (Wildman–Crippen LogP) is 3.36. The van der Waals surface area contributed by atoms with E-state index in [9.17, 15) is 4.39 Å². The van der Waals surface area contributed by atoms with E-state index in [1.165, 1.54) is 32.1 Å². The van der Waals surface area contributed by atoms with Gasteiger partial charge in [-0.1, -0.05) is 25.3 Å². The summed E-state index contributed by atoms with van der Waals surface area (Å²) < 4.78 is 20.2. The molecule has 1 saturated heterocycles. The Balaban J connectivity index is 1.96. The largest absolute Gasteiger partial charge is 0.496 e. The molecule has 0 spiro atoms. The Morgan fingerprint density at radius 2 is 1.91 bits per heavy atom. The molecule has 0 amide bonds. The van der Waals surface area contributed by atoms with Gasteiger partial charge in [-0.3, -0.25) is 4.90 Å². The highest BCUT2D eigenvalue weighted by molar-refractivity contribution is 5.38. The van der Waals surface area contributed by atoms with Crippen molar-refractivity contribution in [3.8, 4) is 5.75 Å². The molecule has 1 N–H and O–H groups in total. The molecule has 3 rings (SSSR count). The Labute approximate surface area is 132 Å². The molecule has 0 radical (unpaired) electrons. The van der Waals surface area contributed by atoms with Crippen molar-refractivity contribution in [1.29, 1.82) is 0 Å². The topological polar surface area (TPSA) is 24.5 Å². The highest BCUT2D eigenvalue weighted by Crippen LogP contribution is 2.42. The number of hydrogen-bond donors (Lipinski definition) is 1. The first-order valence-corrected chi connectivity index (χ1v) is 8.58. The van der Waals surface area contributed by atoms with Gasteiger partial charge in [0, 0.05) is 37.8 Å². The van der Waals surface area contributed by atoms with Crippen molar-refractivity contribution in [1.82, 2.24) is 10.2 Å². The second kappa shape index (κ2) is 7.42. The molecule has 22 heavy (non-hydrogen) atoms. The number of piperazine rings is 1. The summed E-state index contributed by atoms with van der Waals surface area (Å²) in [4.78, 5) is 2.47. The average molecular weight is 306 g/mol. The van der Waals surface area contributed by atoms with Crippen LogP contribution in [-0.2, 0) is 0 Å². The van der Waals surface area contributed by atoms with E-state index < -0.39 is 0 Å². The zero-order valence-electron chi connectivity index (χ0n) is 13.5. The van der Waals surface area contributed by atoms with Crippen LogP contribution in [0, 0.1) is 11.7 Å². The van der Waals surface area contributed by atoms with Crippen LogP contribution in [-0.4, -0.2) is 38.2 Å². The van der Waals surface area contributed by atoms with Gasteiger partial charge in [0.2, 0.25) is 0 Å². The van der Waals surface area contributed by atoms with E-state index in [1.54, 1.807) is 19.2 Å². The fourth-order valence-electron chi connectivity index (χ4n) is 4.11. The number of nitrogens with one attached hydrogen (secondary N) is 1. The predicted molar refractivity (Wildman–Crippen MR) is 86.7 cm³/mol. The van der Waals surface area contributed by atoms with Crippen molar-refractivity contribution in [2.45, 2.75) is 38.1 Å². The molecule has 0 aromatic heterocycles. The standard InChI is InChI=1S/C18H27FN2O/c1-22-16-9-5-8-15(19)17(16)18(14-6-3-2-4-7-14)21-12-10-20-11-13-21/h5,8-9,14,18,20H,2-4,6-7,10-13H2,1H3/t18-/m0/s1. The molecular weight excluding hydrogens is 279 g/mol. The minimum atomic E-state index is -0.117. The van der Waals surface area contributed by atoms with Crippen molar-refractivity contribution in [3.63, 3.8) is 0 Å². The Morgan fingerprint density at radius 3 is 2.59 bits per heavy atom. The van der Waals surface area contributed by atoms with Crippen LogP contribution < -0.4 is 10.1 Å². The van der Waals surface area contributed by atoms with E-state index in [4.69, 9.17) is 4.74 Å². The minimum Gasteiger partial charge on any atom is -0.496 e. The van der Waals surface area contributed by atoms with Gasteiger partial charge >= 0.3 is 0 Å². The van der Waals surface area contributed by atoms with Crippen molar-refractivity contribution in [2.75, 3.05) is 33.3 Å². The van der Waals surface area contributed by atoms with Crippen LogP contribution in [0.25, 0.3) is 0 Å². The summed E-state index contributed by atoms with van der Waals surface area (Å²) in [6, 6.07) is 5.37. The van der Waals surface area contributed by atoms with Gasteiger partial charge in [-0.05, 0) is 30.9 Å². The molecule has 4 heteroatoms. The van der Waals surface area contributed by atoms with Crippen molar-refractivity contribution in [3.05, 3.63) is 29.6 Å². The van der Waals surface area contributed by atoms with Gasteiger partial charge in [0.05, 0.1) is 7.11 Å². The zero-order chi connectivity index (χ0) is 15.4. The molecule has 122 valence electrons. The second-order valence-corrected chi connectivity index (χ2v) is 6.48. The number of ether oxygens (including phenoxy) is 1. The number of rotatable bonds is 4. The van der Waals surface area contributed by atoms with Crippen LogP contribution in [0.15, 0.2) is 18.2 Å². The van der Waals surface area contributed by atoms with Crippen molar-refractivity contribution < 1.29 is 9.13 Å². The van der Waals surface area contributed by atoms with Crippen LogP contribution >= 0.6 is 0 Å². The normalized spacial score (nSPS) is 22.5. The van der Waals surface area contributed by atoms with Gasteiger partial charge in [0.15, 0.2) is 0 Å². The van der Waals surface area contributed by atoms with Gasteiger partial charge in [-0.2, -0.15) is 0 Å². The van der Waals surface area contributed by atoms with E-state index in [0.717, 1.165) is 31.7 Å². The summed E-state index contributed by atoms with van der Waals surface area (Å²) in [5, 5.41) is 3.40. The average Bonchev–Trinajstić information content (AvgIpc) is 2.58. The lowest BCUT2D eigenvalue weighted by atomic mass is 9.79. The van der Waals surface area contributed by atoms with Crippen molar-refractivity contribution in [2.24, 2.45) is 5.92 Å². The van der Waals surface area contributed by atoms with Gasteiger partial charge in [-0.15, -0.1) is 0 Å². The number of methoxy groups -OCH3 is 1. The zero-order valence-corrected chi connectivity index (χ0v) is 13.5. The minimum absolute atomic E-state index is 0.117. The molecule has 0 bridgehead atoms. The van der Waals surface area contributed by atoms with Crippen molar-refractivity contribution >= 4 is 0 Å². The third kappa shape index (κ3) is 3.28. The molecule has 2 aliphatic rings. The molecule has 1 aliphatic carbocycles. The maximum Gasteiger partial charge on any atom is 0.131 e. The number of hydrogen-bond acceptors (Lipinski definition) is 3. The molecule has 2 fully saturated rings. The van der Waals surface area contributed by atoms with E-state index >= 15 is 0 Å². The Kier molecular flexibility index (Phi) is 5.32. The maximum absolute atomic E-state index is 14.7. The summed E-state index contributed by atoms with van der Waals surface area (Å²) >= 11 is 0. The van der Waals surface area contributed by atoms with E-state index in [-0.39, 0.29) is 11.9 Å². The number of benzene rings is 1. The molecule has 1 aliphatic heterocycles. The molecule has 0 unspecified atom stereocenters. The highest BCUT2D eigenvalue weighted by atomic mass is 19.1. The molecule has 1 aromatic rings. The van der Waals surface area contributed by atoms with E-state index in [0.29, 0.717) is 11.7 Å². The quantitative estimate of drug-likeness (QED) is 0.923. The third-order valence-corrected chi connectivity index (χ3v) is 5.17. The van der Waals surface area contributed by atoms with Gasteiger partial charge in [0.25, 0.3) is 0 Å². The summed E-state index contributed by atoms with van der Waals surface area (Å²) in [5.74, 6) is 1.13. The summed E-state index contributed by atoms with van der Waals surface area (Å²) in [6.45, 7) is 3.94. The first-order valence-electron chi connectivity index (χ1n) is 8.58. The lowest BCUT2D eigenvalue weighted by Crippen LogP contribution is -2.47. The second-order valence-electron chi connectivity index (χ2n) is 6.48. The third-order valence-electron chi connectivity index (χ3n) is 5.17. The highest BCUT2D eigenvalue weighted by Gasteiger charge is 2.34. The Hall–Kier alpha value is -1.13. The first kappa shape index (κ1) is 15.8. The summed E-state index contributed by atoms with van der Waals surface area (Å²) in [7, 11) is 1.65. The van der Waals surface area contributed by atoms with Gasteiger partial charge in [0.1, 0.15) is 11.6 Å². The number of nitrogens with zero attached hydrogens (tertiary/aromatic N) is 1. The summed E-state index contributed by atoms with van der Waals surface area (Å²) in [5.41, 5.74) is 0.777. The Morgan fingerprint density at radius 1 is 1.18 bits per heavy atom. The first-order chi connectivity index (χ1) is 10.8. The molecular formula is C18H27FN2O. The smallest absolute Gasteiger partial charge is 0.131 e. The SMILES string of the molecule is COc1cccc(F)c1[C@H](C1CCCCC1)N1CCNCC1. The lowest BCUT2D eigenvalue weighted by molar-refractivity contribution is 0.0983. The van der Waals surface area contributed by atoms with Crippen LogP contribution in [0.4, 0.5) is 4.39 Å².